The lowest BCUT2D eigenvalue weighted by Gasteiger charge is -2.37. The van der Waals surface area contributed by atoms with Crippen LogP contribution in [0, 0.1) is 13.8 Å². The third kappa shape index (κ3) is 3.92. The molecule has 0 unspecified atom stereocenters. The molecule has 0 spiro atoms. The van der Waals surface area contributed by atoms with Gasteiger partial charge in [0.2, 0.25) is 0 Å². The van der Waals surface area contributed by atoms with Crippen molar-refractivity contribution >= 4 is 17.3 Å². The Morgan fingerprint density at radius 2 is 2.00 bits per heavy atom. The SMILES string of the molecule is COCCn1c(C)cc([C@@H]2[C@@H](c3ccccn3)NC(=S)N2C2CCCCC2)c1C. The number of aryl methyl sites for hydroxylation is 1. The lowest BCUT2D eigenvalue weighted by Crippen LogP contribution is -2.40. The van der Waals surface area contributed by atoms with Crippen LogP contribution >= 0.6 is 12.2 Å². The van der Waals surface area contributed by atoms with Gasteiger partial charge in [-0.1, -0.05) is 25.3 Å². The van der Waals surface area contributed by atoms with Crippen LogP contribution in [-0.2, 0) is 11.3 Å². The highest BCUT2D eigenvalue weighted by molar-refractivity contribution is 7.80. The second-order valence-electron chi connectivity index (χ2n) is 8.30. The topological polar surface area (TPSA) is 42.3 Å². The van der Waals surface area contributed by atoms with Crippen LogP contribution in [0.5, 0.6) is 0 Å². The first-order chi connectivity index (χ1) is 14.1. The summed E-state index contributed by atoms with van der Waals surface area (Å²) in [6.45, 7) is 6.01. The monoisotopic (exact) mass is 412 g/mol. The van der Waals surface area contributed by atoms with Gasteiger partial charge in [-0.15, -0.1) is 0 Å². The van der Waals surface area contributed by atoms with Gasteiger partial charge in [-0.25, -0.2) is 0 Å². The van der Waals surface area contributed by atoms with Gasteiger partial charge >= 0.3 is 0 Å². The minimum atomic E-state index is 0.0713. The molecule has 3 heterocycles. The van der Waals surface area contributed by atoms with Gasteiger partial charge in [-0.2, -0.15) is 0 Å². The number of pyridine rings is 1. The van der Waals surface area contributed by atoms with Gasteiger partial charge in [0.15, 0.2) is 5.11 Å². The van der Waals surface area contributed by atoms with E-state index in [4.69, 9.17) is 17.0 Å². The molecule has 5 nitrogen and oxygen atoms in total. The number of hydrogen-bond donors (Lipinski definition) is 1. The van der Waals surface area contributed by atoms with Crippen LogP contribution in [0.1, 0.15) is 66.8 Å². The van der Waals surface area contributed by atoms with Crippen molar-refractivity contribution < 1.29 is 4.74 Å². The molecule has 0 amide bonds. The van der Waals surface area contributed by atoms with Gasteiger partial charge in [-0.05, 0) is 62.7 Å². The molecule has 2 aromatic heterocycles. The minimum Gasteiger partial charge on any atom is -0.383 e. The Hall–Kier alpha value is -1.92. The smallest absolute Gasteiger partial charge is 0.170 e. The van der Waals surface area contributed by atoms with Crippen LogP contribution in [0.3, 0.4) is 0 Å². The highest BCUT2D eigenvalue weighted by Crippen LogP contribution is 2.44. The highest BCUT2D eigenvalue weighted by atomic mass is 32.1. The van der Waals surface area contributed by atoms with Crippen LogP contribution in [0.2, 0.25) is 0 Å². The summed E-state index contributed by atoms with van der Waals surface area (Å²) in [4.78, 5) is 7.18. The van der Waals surface area contributed by atoms with E-state index in [1.54, 1.807) is 7.11 Å². The maximum Gasteiger partial charge on any atom is 0.170 e. The van der Waals surface area contributed by atoms with Crippen molar-refractivity contribution in [3.05, 3.63) is 53.1 Å². The number of rotatable bonds is 6. The molecule has 1 aliphatic heterocycles. The Kier molecular flexibility index (Phi) is 6.20. The van der Waals surface area contributed by atoms with Gasteiger partial charge < -0.3 is 19.5 Å². The van der Waals surface area contributed by atoms with Crippen LogP contribution in [0.4, 0.5) is 0 Å². The molecule has 156 valence electrons. The second kappa shape index (κ2) is 8.84. The molecule has 4 rings (SSSR count). The summed E-state index contributed by atoms with van der Waals surface area (Å²) in [6, 6.07) is 9.24. The fourth-order valence-electron chi connectivity index (χ4n) is 5.10. The first kappa shape index (κ1) is 20.4. The van der Waals surface area contributed by atoms with Gasteiger partial charge in [0.25, 0.3) is 0 Å². The van der Waals surface area contributed by atoms with Gasteiger partial charge in [0.05, 0.1) is 24.4 Å². The molecular formula is C23H32N4OS. The average molecular weight is 413 g/mol. The Morgan fingerprint density at radius 1 is 1.21 bits per heavy atom. The molecule has 6 heteroatoms. The fraction of sp³-hybridized carbons (Fsp3) is 0.565. The second-order valence-corrected chi connectivity index (χ2v) is 8.68. The lowest BCUT2D eigenvalue weighted by molar-refractivity contribution is 0.185. The lowest BCUT2D eigenvalue weighted by atomic mass is 9.90. The first-order valence-electron chi connectivity index (χ1n) is 10.8. The van der Waals surface area contributed by atoms with E-state index in [9.17, 15) is 0 Å². The summed E-state index contributed by atoms with van der Waals surface area (Å²) >= 11 is 5.89. The van der Waals surface area contributed by atoms with Crippen molar-refractivity contribution in [2.75, 3.05) is 13.7 Å². The van der Waals surface area contributed by atoms with E-state index in [1.807, 2.05) is 12.3 Å². The number of thiocarbonyl (C=S) groups is 1. The number of aromatic nitrogens is 2. The quantitative estimate of drug-likeness (QED) is 0.710. The molecule has 0 bridgehead atoms. The number of nitrogens with zero attached hydrogens (tertiary/aromatic N) is 3. The average Bonchev–Trinajstić information content (AvgIpc) is 3.23. The molecule has 2 aromatic rings. The number of methoxy groups -OCH3 is 1. The standard InChI is InChI=1S/C23H32N4OS/c1-16-15-19(17(2)26(16)13-14-28-3)22-21(20-11-7-8-12-24-20)25-23(29)27(22)18-9-5-4-6-10-18/h7-8,11-12,15,18,21-22H,4-6,9-10,13-14H2,1-3H3,(H,25,29)/t21-,22-/m1/s1. The van der Waals surface area contributed by atoms with Crippen molar-refractivity contribution in [1.82, 2.24) is 19.8 Å². The fourth-order valence-corrected chi connectivity index (χ4v) is 5.49. The van der Waals surface area contributed by atoms with E-state index in [0.29, 0.717) is 12.6 Å². The Balaban J connectivity index is 1.76. The molecule has 1 aliphatic carbocycles. The highest BCUT2D eigenvalue weighted by Gasteiger charge is 2.44. The van der Waals surface area contributed by atoms with E-state index in [1.165, 1.54) is 49.1 Å². The Labute approximate surface area is 179 Å². The largest absolute Gasteiger partial charge is 0.383 e. The third-order valence-electron chi connectivity index (χ3n) is 6.55. The summed E-state index contributed by atoms with van der Waals surface area (Å²) in [7, 11) is 1.76. The summed E-state index contributed by atoms with van der Waals surface area (Å²) in [5, 5.41) is 4.50. The molecule has 1 saturated heterocycles. The van der Waals surface area contributed by atoms with Gasteiger partial charge in [0.1, 0.15) is 0 Å². The van der Waals surface area contributed by atoms with Crippen molar-refractivity contribution in [3.8, 4) is 0 Å². The predicted molar refractivity (Wildman–Crippen MR) is 120 cm³/mol. The van der Waals surface area contributed by atoms with Crippen LogP contribution in [-0.4, -0.2) is 39.3 Å². The maximum absolute atomic E-state index is 5.89. The summed E-state index contributed by atoms with van der Waals surface area (Å²) in [5.74, 6) is 0. The zero-order valence-corrected chi connectivity index (χ0v) is 18.5. The maximum atomic E-state index is 5.89. The minimum absolute atomic E-state index is 0.0713. The Bertz CT molecular complexity index is 844. The zero-order chi connectivity index (χ0) is 20.4. The van der Waals surface area contributed by atoms with Crippen molar-refractivity contribution in [1.29, 1.82) is 0 Å². The molecular weight excluding hydrogens is 380 g/mol. The van der Waals surface area contributed by atoms with E-state index < -0.39 is 0 Å². The number of ether oxygens (including phenoxy) is 1. The summed E-state index contributed by atoms with van der Waals surface area (Å²) in [5.41, 5.74) is 4.99. The number of nitrogens with one attached hydrogen (secondary N) is 1. The molecule has 1 N–H and O–H groups in total. The molecule has 2 atom stereocenters. The predicted octanol–water partition coefficient (Wildman–Crippen LogP) is 4.45. The normalized spacial score (nSPS) is 22.9. The molecule has 2 fully saturated rings. The van der Waals surface area contributed by atoms with E-state index in [2.05, 4.69) is 51.8 Å². The first-order valence-corrected chi connectivity index (χ1v) is 11.2. The molecule has 1 saturated carbocycles. The van der Waals surface area contributed by atoms with Crippen LogP contribution in [0.15, 0.2) is 30.5 Å². The van der Waals surface area contributed by atoms with Crippen LogP contribution in [0.25, 0.3) is 0 Å². The molecule has 2 aliphatic rings. The molecule has 0 radical (unpaired) electrons. The van der Waals surface area contributed by atoms with E-state index in [-0.39, 0.29) is 12.1 Å². The summed E-state index contributed by atoms with van der Waals surface area (Å²) < 4.78 is 7.71. The van der Waals surface area contributed by atoms with Crippen molar-refractivity contribution in [2.24, 2.45) is 0 Å². The molecule has 0 aromatic carbocycles. The number of hydrogen-bond acceptors (Lipinski definition) is 3. The zero-order valence-electron chi connectivity index (χ0n) is 17.7. The van der Waals surface area contributed by atoms with E-state index in [0.717, 1.165) is 17.4 Å². The summed E-state index contributed by atoms with van der Waals surface area (Å²) in [6.07, 6.45) is 8.23. The van der Waals surface area contributed by atoms with Gasteiger partial charge in [-0.3, -0.25) is 4.98 Å². The Morgan fingerprint density at radius 3 is 2.69 bits per heavy atom. The van der Waals surface area contributed by atoms with Crippen LogP contribution < -0.4 is 5.32 Å². The molecule has 29 heavy (non-hydrogen) atoms. The van der Waals surface area contributed by atoms with Gasteiger partial charge in [0, 0.05) is 37.3 Å². The van der Waals surface area contributed by atoms with Crippen molar-refractivity contribution in [3.63, 3.8) is 0 Å². The van der Waals surface area contributed by atoms with Crippen molar-refractivity contribution in [2.45, 2.75) is 70.6 Å². The van der Waals surface area contributed by atoms with E-state index >= 15 is 0 Å². The third-order valence-corrected chi connectivity index (χ3v) is 6.88.